The Kier molecular flexibility index (Phi) is 5.00. The van der Waals surface area contributed by atoms with Crippen molar-refractivity contribution < 1.29 is 13.2 Å². The van der Waals surface area contributed by atoms with Crippen LogP contribution in [0.5, 0.6) is 0 Å². The summed E-state index contributed by atoms with van der Waals surface area (Å²) in [5, 5.41) is 3.34. The van der Waals surface area contributed by atoms with Gasteiger partial charge in [0.05, 0.1) is 5.75 Å². The van der Waals surface area contributed by atoms with Crippen molar-refractivity contribution in [2.45, 2.75) is 44.2 Å². The Bertz CT molecular complexity index is 348. The van der Waals surface area contributed by atoms with Crippen LogP contribution >= 0.6 is 0 Å². The summed E-state index contributed by atoms with van der Waals surface area (Å²) in [6.07, 6.45) is 4.82. The molecule has 2 aliphatic rings. The van der Waals surface area contributed by atoms with Crippen molar-refractivity contribution in [2.75, 3.05) is 32.6 Å². The van der Waals surface area contributed by atoms with Gasteiger partial charge in [0, 0.05) is 32.3 Å². The van der Waals surface area contributed by atoms with Crippen LogP contribution in [0.15, 0.2) is 0 Å². The fourth-order valence-electron chi connectivity index (χ4n) is 2.27. The summed E-state index contributed by atoms with van der Waals surface area (Å²) < 4.78 is 31.1. The molecule has 2 fully saturated rings. The van der Waals surface area contributed by atoms with Crippen molar-refractivity contribution in [3.05, 3.63) is 0 Å². The van der Waals surface area contributed by atoms with Crippen LogP contribution in [0.25, 0.3) is 0 Å². The van der Waals surface area contributed by atoms with E-state index in [-0.39, 0.29) is 11.8 Å². The van der Waals surface area contributed by atoms with E-state index in [1.165, 1.54) is 12.8 Å². The number of nitrogens with zero attached hydrogens (tertiary/aromatic N) is 1. The Morgan fingerprint density at radius 1 is 1.22 bits per heavy atom. The zero-order valence-corrected chi connectivity index (χ0v) is 11.9. The van der Waals surface area contributed by atoms with E-state index in [1.807, 2.05) is 0 Å². The lowest BCUT2D eigenvalue weighted by Crippen LogP contribution is -2.42. The molecule has 0 spiro atoms. The molecule has 0 bridgehead atoms. The van der Waals surface area contributed by atoms with Gasteiger partial charge in [-0.15, -0.1) is 0 Å². The molecule has 0 atom stereocenters. The molecule has 6 heteroatoms. The molecule has 0 aromatic heterocycles. The average Bonchev–Trinajstić information content (AvgIpc) is 3.19. The fraction of sp³-hybridized carbons (Fsp3) is 1.00. The van der Waals surface area contributed by atoms with Crippen LogP contribution in [-0.4, -0.2) is 57.4 Å². The largest absolute Gasteiger partial charge is 0.381 e. The first-order valence-electron chi connectivity index (χ1n) is 6.86. The van der Waals surface area contributed by atoms with E-state index >= 15 is 0 Å². The van der Waals surface area contributed by atoms with Crippen LogP contribution < -0.4 is 5.32 Å². The highest BCUT2D eigenvalue weighted by Crippen LogP contribution is 2.19. The molecule has 106 valence electrons. The van der Waals surface area contributed by atoms with Gasteiger partial charge in [0.15, 0.2) is 0 Å². The lowest BCUT2D eigenvalue weighted by atomic mass is 10.1. The summed E-state index contributed by atoms with van der Waals surface area (Å²) in [4.78, 5) is 0. The van der Waals surface area contributed by atoms with Crippen LogP contribution in [0.4, 0.5) is 0 Å². The third-order valence-corrected chi connectivity index (χ3v) is 5.71. The van der Waals surface area contributed by atoms with Crippen LogP contribution in [-0.2, 0) is 14.8 Å². The number of hydrogen-bond donors (Lipinski definition) is 1. The molecule has 1 saturated heterocycles. The molecular formula is C12H24N2O3S. The molecule has 18 heavy (non-hydrogen) atoms. The second kappa shape index (κ2) is 6.32. The van der Waals surface area contributed by atoms with Crippen molar-refractivity contribution in [3.63, 3.8) is 0 Å². The maximum atomic E-state index is 12.1. The molecular weight excluding hydrogens is 252 g/mol. The van der Waals surface area contributed by atoms with Crippen LogP contribution in [0.2, 0.25) is 0 Å². The highest BCUT2D eigenvalue weighted by atomic mass is 32.2. The Labute approximate surface area is 110 Å². The summed E-state index contributed by atoms with van der Waals surface area (Å²) >= 11 is 0. The summed E-state index contributed by atoms with van der Waals surface area (Å²) in [6.45, 7) is 2.16. The second-order valence-electron chi connectivity index (χ2n) is 5.26. The highest BCUT2D eigenvalue weighted by molar-refractivity contribution is 7.89. The zero-order valence-electron chi connectivity index (χ0n) is 11.1. The number of nitrogens with one attached hydrogen (secondary N) is 1. The first-order chi connectivity index (χ1) is 8.59. The summed E-state index contributed by atoms with van der Waals surface area (Å²) in [5.74, 6) is 0.251. The molecule has 2 rings (SSSR count). The number of ether oxygens (including phenoxy) is 1. The number of sulfonamides is 1. The Hall–Kier alpha value is -0.170. The third kappa shape index (κ3) is 4.19. The normalized spacial score (nSPS) is 22.6. The lowest BCUT2D eigenvalue weighted by Gasteiger charge is -2.30. The van der Waals surface area contributed by atoms with Crippen molar-refractivity contribution in [1.82, 2.24) is 9.62 Å². The molecule has 0 unspecified atom stereocenters. The lowest BCUT2D eigenvalue weighted by molar-refractivity contribution is 0.0632. The summed E-state index contributed by atoms with van der Waals surface area (Å²) in [7, 11) is -1.39. The predicted octanol–water partition coefficient (Wildman–Crippen LogP) is 0.569. The Balaban J connectivity index is 1.72. The second-order valence-corrected chi connectivity index (χ2v) is 7.41. The van der Waals surface area contributed by atoms with Gasteiger partial charge in [-0.2, -0.15) is 0 Å². The van der Waals surface area contributed by atoms with E-state index in [1.54, 1.807) is 11.4 Å². The van der Waals surface area contributed by atoms with Gasteiger partial charge in [-0.1, -0.05) is 0 Å². The molecule has 0 aromatic carbocycles. The number of rotatable bonds is 7. The van der Waals surface area contributed by atoms with Gasteiger partial charge >= 0.3 is 0 Å². The topological polar surface area (TPSA) is 58.6 Å². The van der Waals surface area contributed by atoms with Crippen molar-refractivity contribution in [1.29, 1.82) is 0 Å². The van der Waals surface area contributed by atoms with Crippen molar-refractivity contribution in [3.8, 4) is 0 Å². The monoisotopic (exact) mass is 276 g/mol. The molecule has 5 nitrogen and oxygen atoms in total. The van der Waals surface area contributed by atoms with Gasteiger partial charge < -0.3 is 10.1 Å². The van der Waals surface area contributed by atoms with E-state index in [2.05, 4.69) is 5.32 Å². The molecule has 0 aromatic rings. The fourth-order valence-corrected chi connectivity index (χ4v) is 3.73. The predicted molar refractivity (Wildman–Crippen MR) is 71.0 cm³/mol. The van der Waals surface area contributed by atoms with E-state index in [0.717, 1.165) is 19.4 Å². The van der Waals surface area contributed by atoms with E-state index in [9.17, 15) is 8.42 Å². The minimum absolute atomic E-state index is 0.125. The van der Waals surface area contributed by atoms with Gasteiger partial charge in [0.25, 0.3) is 0 Å². The van der Waals surface area contributed by atoms with Gasteiger partial charge in [-0.05, 0) is 38.6 Å². The molecule has 1 aliphatic heterocycles. The summed E-state index contributed by atoms with van der Waals surface area (Å²) in [5.41, 5.74) is 0. The van der Waals surface area contributed by atoms with Crippen molar-refractivity contribution >= 4 is 10.0 Å². The molecule has 0 radical (unpaired) electrons. The van der Waals surface area contributed by atoms with Gasteiger partial charge in [0.1, 0.15) is 0 Å². The molecule has 1 aliphatic carbocycles. The molecule has 1 N–H and O–H groups in total. The maximum Gasteiger partial charge on any atom is 0.214 e. The van der Waals surface area contributed by atoms with Gasteiger partial charge in [0.2, 0.25) is 10.0 Å². The van der Waals surface area contributed by atoms with E-state index in [4.69, 9.17) is 4.74 Å². The first-order valence-corrected chi connectivity index (χ1v) is 8.47. The average molecular weight is 276 g/mol. The summed E-state index contributed by atoms with van der Waals surface area (Å²) in [6, 6.07) is 0.779. The minimum atomic E-state index is -3.10. The molecule has 1 heterocycles. The Morgan fingerprint density at radius 2 is 1.89 bits per heavy atom. The van der Waals surface area contributed by atoms with Crippen LogP contribution in [0.1, 0.15) is 32.1 Å². The highest BCUT2D eigenvalue weighted by Gasteiger charge is 2.27. The van der Waals surface area contributed by atoms with Gasteiger partial charge in [-0.3, -0.25) is 0 Å². The SMILES string of the molecule is CN(C1CCOCC1)S(=O)(=O)CCCNC1CC1. The minimum Gasteiger partial charge on any atom is -0.381 e. The molecule has 0 amide bonds. The quantitative estimate of drug-likeness (QED) is 0.691. The first kappa shape index (κ1) is 14.2. The van der Waals surface area contributed by atoms with Crippen molar-refractivity contribution in [2.24, 2.45) is 0 Å². The molecule has 1 saturated carbocycles. The smallest absolute Gasteiger partial charge is 0.214 e. The number of hydrogen-bond acceptors (Lipinski definition) is 4. The van der Waals surface area contributed by atoms with E-state index < -0.39 is 10.0 Å². The zero-order chi connectivity index (χ0) is 13.0. The standard InChI is InChI=1S/C12H24N2O3S/c1-14(12-5-8-17-9-6-12)18(15,16)10-2-7-13-11-3-4-11/h11-13H,2-10H2,1H3. The Morgan fingerprint density at radius 3 is 2.50 bits per heavy atom. The van der Waals surface area contributed by atoms with Crippen LogP contribution in [0.3, 0.4) is 0 Å². The van der Waals surface area contributed by atoms with Gasteiger partial charge in [-0.25, -0.2) is 12.7 Å². The maximum absolute atomic E-state index is 12.1. The van der Waals surface area contributed by atoms with Crippen LogP contribution in [0, 0.1) is 0 Å². The van der Waals surface area contributed by atoms with E-state index in [0.29, 0.717) is 25.7 Å². The third-order valence-electron chi connectivity index (χ3n) is 3.73.